The van der Waals surface area contributed by atoms with Crippen molar-refractivity contribution in [1.82, 2.24) is 0 Å². The van der Waals surface area contributed by atoms with Gasteiger partial charge in [-0.05, 0) is 17.7 Å². The summed E-state index contributed by atoms with van der Waals surface area (Å²) in [6, 6.07) is 4.22. The Bertz CT molecular complexity index is 436. The van der Waals surface area contributed by atoms with Crippen molar-refractivity contribution >= 4 is 35.5 Å². The Balaban J connectivity index is 3.26. The molecule has 0 heterocycles. The zero-order chi connectivity index (χ0) is 12.3. The third-order valence-corrected chi connectivity index (χ3v) is 2.96. The molecule has 0 unspecified atom stereocenters. The normalized spacial score (nSPS) is 14.2. The van der Waals surface area contributed by atoms with Crippen LogP contribution in [-0.2, 0) is 15.1 Å². The van der Waals surface area contributed by atoms with Crippen molar-refractivity contribution in [3.63, 3.8) is 0 Å². The summed E-state index contributed by atoms with van der Waals surface area (Å²) in [6.07, 6.45) is 0.122. The third kappa shape index (κ3) is 2.35. The first-order valence-electron chi connectivity index (χ1n) is 4.33. The van der Waals surface area contributed by atoms with Crippen LogP contribution in [0.2, 0.25) is 10.0 Å². The van der Waals surface area contributed by atoms with Crippen molar-refractivity contribution in [3.8, 4) is 0 Å². The molecule has 1 rings (SSSR count). The van der Waals surface area contributed by atoms with Crippen LogP contribution in [0.5, 0.6) is 0 Å². The fraction of sp³-hybridized carbons (Fsp3) is 0.200. The fourth-order valence-corrected chi connectivity index (χ4v) is 1.53. The molecule has 0 aliphatic carbocycles. The third-order valence-electron chi connectivity index (χ3n) is 2.22. The number of carbonyl (C=O) groups is 2. The highest BCUT2D eigenvalue weighted by atomic mass is 35.5. The van der Waals surface area contributed by atoms with E-state index in [2.05, 4.69) is 0 Å². The smallest absolute Gasteiger partial charge is 0.328 e. The summed E-state index contributed by atoms with van der Waals surface area (Å²) in [7, 11) is 0. The second-order valence-electron chi connectivity index (χ2n) is 3.28. The Hall–Kier alpha value is -1.10. The van der Waals surface area contributed by atoms with E-state index in [1.54, 1.807) is 0 Å². The van der Waals surface area contributed by atoms with Crippen LogP contribution < -0.4 is 5.73 Å². The van der Waals surface area contributed by atoms with Crippen molar-refractivity contribution in [2.24, 2.45) is 5.73 Å². The number of carbonyl (C=O) groups excluding carboxylic acids is 1. The van der Waals surface area contributed by atoms with E-state index in [0.29, 0.717) is 11.3 Å². The van der Waals surface area contributed by atoms with Gasteiger partial charge >= 0.3 is 5.97 Å². The van der Waals surface area contributed by atoms with Crippen LogP contribution >= 0.6 is 23.2 Å². The molecule has 1 aromatic rings. The molecule has 1 aromatic carbocycles. The van der Waals surface area contributed by atoms with E-state index in [0.717, 1.165) is 0 Å². The lowest BCUT2D eigenvalue weighted by Gasteiger charge is -2.23. The predicted octanol–water partition coefficient (Wildman–Crippen LogP) is 1.82. The fourth-order valence-electron chi connectivity index (χ4n) is 1.23. The minimum absolute atomic E-state index is 0.196. The number of benzene rings is 1. The predicted molar refractivity (Wildman–Crippen MR) is 60.6 cm³/mol. The maximum atomic E-state index is 11.0. The Labute approximate surface area is 102 Å². The number of hydrogen-bond donors (Lipinski definition) is 2. The van der Waals surface area contributed by atoms with Crippen LogP contribution in [0.15, 0.2) is 18.2 Å². The van der Waals surface area contributed by atoms with Gasteiger partial charge in [-0.1, -0.05) is 29.3 Å². The molecule has 86 valence electrons. The SMILES string of the molecule is N[C@@](CC=O)(C(=O)O)c1ccc(Cl)c(Cl)c1. The molecule has 0 spiro atoms. The second kappa shape index (κ2) is 4.82. The number of carboxylic acid groups (broad SMARTS) is 1. The van der Waals surface area contributed by atoms with Gasteiger partial charge < -0.3 is 15.6 Å². The highest BCUT2D eigenvalue weighted by Crippen LogP contribution is 2.29. The largest absolute Gasteiger partial charge is 0.480 e. The van der Waals surface area contributed by atoms with Crippen LogP contribution in [0, 0.1) is 0 Å². The molecule has 0 bridgehead atoms. The van der Waals surface area contributed by atoms with Gasteiger partial charge in [0.1, 0.15) is 11.8 Å². The van der Waals surface area contributed by atoms with Gasteiger partial charge in [-0.25, -0.2) is 4.79 Å². The Morgan fingerprint density at radius 1 is 1.44 bits per heavy atom. The van der Waals surface area contributed by atoms with Gasteiger partial charge in [-0.3, -0.25) is 0 Å². The van der Waals surface area contributed by atoms with Crippen LogP contribution in [0.4, 0.5) is 0 Å². The maximum absolute atomic E-state index is 11.0. The summed E-state index contributed by atoms with van der Waals surface area (Å²) in [5, 5.41) is 9.51. The van der Waals surface area contributed by atoms with E-state index in [1.807, 2.05) is 0 Å². The molecule has 0 saturated heterocycles. The van der Waals surface area contributed by atoms with E-state index in [1.165, 1.54) is 18.2 Å². The molecular weight excluding hydrogens is 253 g/mol. The molecule has 0 amide bonds. The molecule has 4 nitrogen and oxygen atoms in total. The van der Waals surface area contributed by atoms with Crippen LogP contribution in [0.3, 0.4) is 0 Å². The number of aldehydes is 1. The van der Waals surface area contributed by atoms with Gasteiger partial charge in [-0.2, -0.15) is 0 Å². The average Bonchev–Trinajstić information content (AvgIpc) is 2.22. The lowest BCUT2D eigenvalue weighted by atomic mass is 9.88. The van der Waals surface area contributed by atoms with E-state index in [-0.39, 0.29) is 17.0 Å². The molecule has 0 radical (unpaired) electrons. The summed E-state index contributed by atoms with van der Waals surface area (Å²) in [6.45, 7) is 0. The molecule has 6 heteroatoms. The van der Waals surface area contributed by atoms with Gasteiger partial charge in [0.25, 0.3) is 0 Å². The van der Waals surface area contributed by atoms with Crippen molar-refractivity contribution < 1.29 is 14.7 Å². The van der Waals surface area contributed by atoms with Crippen LogP contribution in [0.25, 0.3) is 0 Å². The van der Waals surface area contributed by atoms with Gasteiger partial charge in [0.15, 0.2) is 0 Å². The Morgan fingerprint density at radius 2 is 2.06 bits per heavy atom. The summed E-state index contributed by atoms with van der Waals surface area (Å²) in [5.74, 6) is -1.29. The molecular formula is C10H9Cl2NO3. The zero-order valence-electron chi connectivity index (χ0n) is 8.11. The first-order chi connectivity index (χ1) is 7.41. The lowest BCUT2D eigenvalue weighted by molar-refractivity contribution is -0.144. The minimum atomic E-state index is -1.77. The quantitative estimate of drug-likeness (QED) is 0.811. The highest BCUT2D eigenvalue weighted by Gasteiger charge is 2.36. The average molecular weight is 262 g/mol. The zero-order valence-corrected chi connectivity index (χ0v) is 9.63. The Morgan fingerprint density at radius 3 is 2.50 bits per heavy atom. The monoisotopic (exact) mass is 261 g/mol. The standard InChI is InChI=1S/C10H9Cl2NO3/c11-7-2-1-6(5-8(7)12)10(13,3-4-14)9(15)16/h1-2,4-5H,3,13H2,(H,15,16)/t10-/m1/s1. The van der Waals surface area contributed by atoms with Gasteiger partial charge in [0.05, 0.1) is 10.0 Å². The van der Waals surface area contributed by atoms with Crippen molar-refractivity contribution in [2.45, 2.75) is 12.0 Å². The second-order valence-corrected chi connectivity index (χ2v) is 4.09. The summed E-state index contributed by atoms with van der Waals surface area (Å²) in [5.41, 5.74) is 4.13. The first kappa shape index (κ1) is 13.0. The van der Waals surface area contributed by atoms with Crippen molar-refractivity contribution in [1.29, 1.82) is 0 Å². The summed E-state index contributed by atoms with van der Waals surface area (Å²) < 4.78 is 0. The molecule has 0 aromatic heterocycles. The highest BCUT2D eigenvalue weighted by molar-refractivity contribution is 6.42. The topological polar surface area (TPSA) is 80.4 Å². The molecule has 0 fully saturated rings. The van der Waals surface area contributed by atoms with Gasteiger partial charge in [0.2, 0.25) is 0 Å². The number of hydrogen-bond acceptors (Lipinski definition) is 3. The molecule has 0 saturated carbocycles. The van der Waals surface area contributed by atoms with Crippen LogP contribution in [-0.4, -0.2) is 17.4 Å². The van der Waals surface area contributed by atoms with Crippen molar-refractivity contribution in [3.05, 3.63) is 33.8 Å². The van der Waals surface area contributed by atoms with E-state index >= 15 is 0 Å². The van der Waals surface area contributed by atoms with Crippen LogP contribution in [0.1, 0.15) is 12.0 Å². The first-order valence-corrected chi connectivity index (χ1v) is 5.09. The number of nitrogens with two attached hydrogens (primary N) is 1. The van der Waals surface area contributed by atoms with Gasteiger partial charge in [-0.15, -0.1) is 0 Å². The minimum Gasteiger partial charge on any atom is -0.480 e. The molecule has 0 aliphatic heterocycles. The summed E-state index contributed by atoms with van der Waals surface area (Å²) in [4.78, 5) is 21.5. The van der Waals surface area contributed by atoms with E-state index < -0.39 is 11.5 Å². The number of halogens is 2. The van der Waals surface area contributed by atoms with Crippen molar-refractivity contribution in [2.75, 3.05) is 0 Å². The number of rotatable bonds is 4. The molecule has 1 atom stereocenters. The maximum Gasteiger partial charge on any atom is 0.328 e. The molecule has 16 heavy (non-hydrogen) atoms. The lowest BCUT2D eigenvalue weighted by Crippen LogP contribution is -2.45. The van der Waals surface area contributed by atoms with E-state index in [9.17, 15) is 9.59 Å². The number of carboxylic acids is 1. The molecule has 0 aliphatic rings. The molecule has 3 N–H and O–H groups in total. The summed E-state index contributed by atoms with van der Waals surface area (Å²) >= 11 is 11.5. The number of aliphatic carboxylic acids is 1. The Kier molecular flexibility index (Phi) is 3.91. The van der Waals surface area contributed by atoms with Gasteiger partial charge in [0, 0.05) is 6.42 Å². The van der Waals surface area contributed by atoms with E-state index in [4.69, 9.17) is 34.0 Å².